The number of nitrogens with zero attached hydrogens (tertiary/aromatic N) is 6. The topological polar surface area (TPSA) is 91.5 Å². The van der Waals surface area contributed by atoms with Crippen LogP contribution in [0.3, 0.4) is 0 Å². The maximum Gasteiger partial charge on any atom is 0.259 e. The molecule has 2 aliphatic rings. The average molecular weight is 564 g/mol. The van der Waals surface area contributed by atoms with E-state index in [1.54, 1.807) is 10.6 Å². The first-order valence-electron chi connectivity index (χ1n) is 14.3. The van der Waals surface area contributed by atoms with E-state index in [0.29, 0.717) is 23.4 Å². The molecule has 1 unspecified atom stereocenters. The van der Waals surface area contributed by atoms with Crippen molar-refractivity contribution >= 4 is 44.9 Å². The van der Waals surface area contributed by atoms with Crippen LogP contribution in [0, 0.1) is 6.92 Å². The Morgan fingerprint density at radius 1 is 1.05 bits per heavy atom. The van der Waals surface area contributed by atoms with Gasteiger partial charge in [0.15, 0.2) is 5.82 Å². The van der Waals surface area contributed by atoms with Crippen molar-refractivity contribution in [3.05, 3.63) is 57.1 Å². The van der Waals surface area contributed by atoms with Gasteiger partial charge in [0.1, 0.15) is 10.8 Å². The highest BCUT2D eigenvalue weighted by Crippen LogP contribution is 2.36. The molecule has 9 nitrogen and oxygen atoms in total. The van der Waals surface area contributed by atoms with Crippen LogP contribution >= 0.6 is 11.6 Å². The lowest BCUT2D eigenvalue weighted by molar-refractivity contribution is 0.145. The third-order valence-corrected chi connectivity index (χ3v) is 8.89. The van der Waals surface area contributed by atoms with Crippen LogP contribution < -0.4 is 15.8 Å². The largest absolute Gasteiger partial charge is 0.393 e. The molecule has 0 aliphatic carbocycles. The molecule has 212 valence electrons. The molecular weight excluding hydrogens is 526 g/mol. The van der Waals surface area contributed by atoms with Crippen molar-refractivity contribution in [1.29, 1.82) is 0 Å². The Hall–Kier alpha value is -3.14. The predicted octanol–water partition coefficient (Wildman–Crippen LogP) is 4.65. The van der Waals surface area contributed by atoms with Crippen molar-refractivity contribution in [2.75, 3.05) is 43.4 Å². The number of nitrogens with one attached hydrogen (secondary N) is 1. The number of aryl methyl sites for hydroxylation is 2. The minimum absolute atomic E-state index is 0.00458. The minimum Gasteiger partial charge on any atom is -0.393 e. The zero-order valence-corrected chi connectivity index (χ0v) is 24.4. The zero-order valence-electron chi connectivity index (χ0n) is 23.7. The minimum atomic E-state index is -0.273. The van der Waals surface area contributed by atoms with Crippen LogP contribution in [-0.2, 0) is 7.05 Å². The standard InChI is InChI=1S/C30H38ClN7O2/c1-18-15-22(19(2)33-25-5-6-26(31)34-28(25)37-13-9-21(39)10-14-37)27-23(16-18)30(40)36(4)29-24(27)17-32-38(29)20-7-11-35(3)12-8-20/h5-6,15-17,19-21,33,39H,7-14H2,1-4H3. The normalized spacial score (nSPS) is 18.6. The molecule has 2 N–H and O–H groups in total. The van der Waals surface area contributed by atoms with E-state index in [0.717, 1.165) is 78.1 Å². The number of likely N-dealkylation sites (tertiary alicyclic amines) is 1. The number of aliphatic hydroxyl groups excluding tert-OH is 1. The summed E-state index contributed by atoms with van der Waals surface area (Å²) in [7, 11) is 4.02. The molecule has 0 amide bonds. The molecule has 0 saturated carbocycles. The molecule has 6 rings (SSSR count). The Morgan fingerprint density at radius 2 is 1.77 bits per heavy atom. The molecule has 1 atom stereocenters. The first-order valence-corrected chi connectivity index (χ1v) is 14.6. The van der Waals surface area contributed by atoms with Gasteiger partial charge in [-0.25, -0.2) is 9.67 Å². The van der Waals surface area contributed by atoms with Crippen molar-refractivity contribution in [1.82, 2.24) is 24.2 Å². The smallest absolute Gasteiger partial charge is 0.259 e. The number of rotatable bonds is 5. The van der Waals surface area contributed by atoms with Gasteiger partial charge in [-0.15, -0.1) is 0 Å². The van der Waals surface area contributed by atoms with Crippen molar-refractivity contribution < 1.29 is 5.11 Å². The van der Waals surface area contributed by atoms with Crippen LogP contribution in [0.1, 0.15) is 55.8 Å². The number of hydrogen-bond donors (Lipinski definition) is 2. The van der Waals surface area contributed by atoms with Crippen LogP contribution in [0.15, 0.2) is 35.3 Å². The van der Waals surface area contributed by atoms with Gasteiger partial charge >= 0.3 is 0 Å². The molecule has 4 aromatic rings. The van der Waals surface area contributed by atoms with Gasteiger partial charge < -0.3 is 20.2 Å². The quantitative estimate of drug-likeness (QED) is 0.342. The number of hydrogen-bond acceptors (Lipinski definition) is 7. The molecule has 0 spiro atoms. The van der Waals surface area contributed by atoms with E-state index in [1.807, 2.05) is 32.3 Å². The molecule has 10 heteroatoms. The fourth-order valence-electron chi connectivity index (χ4n) is 6.44. The van der Waals surface area contributed by atoms with Gasteiger partial charge in [0, 0.05) is 42.3 Å². The summed E-state index contributed by atoms with van der Waals surface area (Å²) in [5, 5.41) is 21.7. The molecule has 2 fully saturated rings. The fourth-order valence-corrected chi connectivity index (χ4v) is 6.59. The van der Waals surface area contributed by atoms with Gasteiger partial charge in [-0.3, -0.25) is 9.36 Å². The average Bonchev–Trinajstić information content (AvgIpc) is 3.38. The number of benzene rings is 1. The predicted molar refractivity (Wildman–Crippen MR) is 162 cm³/mol. The highest BCUT2D eigenvalue weighted by molar-refractivity contribution is 6.29. The number of aliphatic hydroxyl groups is 1. The van der Waals surface area contributed by atoms with Crippen molar-refractivity contribution in [3.63, 3.8) is 0 Å². The van der Waals surface area contributed by atoms with E-state index in [1.165, 1.54) is 0 Å². The number of piperidine rings is 2. The molecule has 5 heterocycles. The molecule has 2 saturated heterocycles. The van der Waals surface area contributed by atoms with E-state index in [9.17, 15) is 9.90 Å². The molecule has 40 heavy (non-hydrogen) atoms. The Labute approximate surface area is 239 Å². The van der Waals surface area contributed by atoms with E-state index < -0.39 is 0 Å². The maximum atomic E-state index is 13.8. The summed E-state index contributed by atoms with van der Waals surface area (Å²) in [4.78, 5) is 23.0. The third-order valence-electron chi connectivity index (χ3n) is 8.68. The summed E-state index contributed by atoms with van der Waals surface area (Å²) in [5.41, 5.74) is 3.84. The summed E-state index contributed by atoms with van der Waals surface area (Å²) >= 11 is 6.33. The summed E-state index contributed by atoms with van der Waals surface area (Å²) in [6.07, 6.45) is 5.10. The second kappa shape index (κ2) is 10.7. The first kappa shape index (κ1) is 27.1. The lowest BCUT2D eigenvalue weighted by Crippen LogP contribution is -2.36. The van der Waals surface area contributed by atoms with Crippen LogP contribution in [0.25, 0.3) is 21.8 Å². The SMILES string of the molecule is Cc1cc(C(C)Nc2ccc(Cl)nc2N2CCC(O)CC2)c2c(c1)c(=O)n(C)c1c2cnn1C1CCN(C)CC1. The van der Waals surface area contributed by atoms with Crippen LogP contribution in [0.5, 0.6) is 0 Å². The Bertz CT molecular complexity index is 1610. The van der Waals surface area contributed by atoms with Gasteiger partial charge in [-0.1, -0.05) is 17.7 Å². The molecule has 0 radical (unpaired) electrons. The monoisotopic (exact) mass is 563 g/mol. The van der Waals surface area contributed by atoms with E-state index in [4.69, 9.17) is 16.7 Å². The molecule has 3 aromatic heterocycles. The zero-order chi connectivity index (χ0) is 28.1. The van der Waals surface area contributed by atoms with Crippen molar-refractivity contribution in [3.8, 4) is 0 Å². The lowest BCUT2D eigenvalue weighted by atomic mass is 9.95. The van der Waals surface area contributed by atoms with Crippen LogP contribution in [0.4, 0.5) is 11.5 Å². The highest BCUT2D eigenvalue weighted by Gasteiger charge is 2.26. The second-order valence-electron chi connectivity index (χ2n) is 11.6. The van der Waals surface area contributed by atoms with E-state index >= 15 is 0 Å². The van der Waals surface area contributed by atoms with Gasteiger partial charge in [-0.2, -0.15) is 5.10 Å². The fraction of sp³-hybridized carbons (Fsp3) is 0.500. The Balaban J connectivity index is 1.44. The summed E-state index contributed by atoms with van der Waals surface area (Å²) in [6.45, 7) is 7.64. The van der Waals surface area contributed by atoms with Gasteiger partial charge in [0.05, 0.1) is 24.0 Å². The van der Waals surface area contributed by atoms with E-state index in [2.05, 4.69) is 44.8 Å². The lowest BCUT2D eigenvalue weighted by Gasteiger charge is -2.32. The van der Waals surface area contributed by atoms with Gasteiger partial charge in [0.2, 0.25) is 0 Å². The molecule has 2 aliphatic heterocycles. The molecular formula is C30H38ClN7O2. The van der Waals surface area contributed by atoms with E-state index in [-0.39, 0.29) is 23.7 Å². The molecule has 1 aromatic carbocycles. The van der Waals surface area contributed by atoms with Gasteiger partial charge in [-0.05, 0) is 89.0 Å². The highest BCUT2D eigenvalue weighted by atomic mass is 35.5. The Morgan fingerprint density at radius 3 is 2.50 bits per heavy atom. The maximum absolute atomic E-state index is 13.8. The van der Waals surface area contributed by atoms with Crippen LogP contribution in [-0.4, -0.2) is 68.7 Å². The summed E-state index contributed by atoms with van der Waals surface area (Å²) in [6, 6.07) is 8.08. The van der Waals surface area contributed by atoms with Crippen molar-refractivity contribution in [2.24, 2.45) is 7.05 Å². The third kappa shape index (κ3) is 4.84. The molecule has 0 bridgehead atoms. The van der Waals surface area contributed by atoms with Gasteiger partial charge in [0.25, 0.3) is 5.56 Å². The number of pyridine rings is 2. The number of aromatic nitrogens is 4. The summed E-state index contributed by atoms with van der Waals surface area (Å²) < 4.78 is 3.85. The second-order valence-corrected chi connectivity index (χ2v) is 12.0. The summed E-state index contributed by atoms with van der Waals surface area (Å²) in [5.74, 6) is 0.791. The number of fused-ring (bicyclic) bond motifs is 3. The number of halogens is 1. The van der Waals surface area contributed by atoms with Crippen molar-refractivity contribution in [2.45, 2.75) is 57.7 Å². The first-order chi connectivity index (χ1) is 19.2. The Kier molecular flexibility index (Phi) is 7.23. The van der Waals surface area contributed by atoms with Crippen LogP contribution in [0.2, 0.25) is 5.15 Å². The number of anilines is 2.